The van der Waals surface area contributed by atoms with Crippen molar-refractivity contribution in [2.45, 2.75) is 18.2 Å². The predicted molar refractivity (Wildman–Crippen MR) is 96.4 cm³/mol. The second-order valence-corrected chi connectivity index (χ2v) is 8.30. The highest BCUT2D eigenvalue weighted by Gasteiger charge is 2.24. The quantitative estimate of drug-likeness (QED) is 0.585. The van der Waals surface area contributed by atoms with Crippen LogP contribution in [-0.2, 0) is 9.84 Å². The first kappa shape index (κ1) is 20.5. The monoisotopic (exact) mass is 423 g/mol. The second-order valence-electron chi connectivity index (χ2n) is 6.31. The van der Waals surface area contributed by atoms with Gasteiger partial charge in [-0.2, -0.15) is 10.4 Å². The van der Waals surface area contributed by atoms with Crippen LogP contribution in [0.3, 0.4) is 0 Å². The molecule has 0 aliphatic heterocycles. The third kappa shape index (κ3) is 3.86. The number of alkyl halides is 2. The second kappa shape index (κ2) is 7.33. The predicted octanol–water partition coefficient (Wildman–Crippen LogP) is 4.34. The Hall–Kier alpha value is -3.19. The summed E-state index contributed by atoms with van der Waals surface area (Å²) in [6.45, 7) is 1.68. The molecule has 0 aliphatic rings. The van der Waals surface area contributed by atoms with Crippen LogP contribution in [0.4, 0.5) is 17.6 Å². The summed E-state index contributed by atoms with van der Waals surface area (Å²) in [5, 5.41) is 12.9. The topological polar surface area (TPSA) is 75.8 Å². The Bertz CT molecular complexity index is 1260. The van der Waals surface area contributed by atoms with E-state index in [-0.39, 0.29) is 16.9 Å². The molecule has 0 saturated heterocycles. The molecule has 150 valence electrons. The van der Waals surface area contributed by atoms with Crippen molar-refractivity contribution in [3.8, 4) is 23.0 Å². The molecule has 0 saturated carbocycles. The fourth-order valence-corrected chi connectivity index (χ4v) is 3.50. The summed E-state index contributed by atoms with van der Waals surface area (Å²) >= 11 is 0. The van der Waals surface area contributed by atoms with Gasteiger partial charge in [0.1, 0.15) is 22.2 Å². The fourth-order valence-electron chi connectivity index (χ4n) is 2.77. The van der Waals surface area contributed by atoms with Crippen molar-refractivity contribution in [2.75, 3.05) is 6.26 Å². The molecule has 0 radical (unpaired) electrons. The first-order chi connectivity index (χ1) is 13.5. The lowest BCUT2D eigenvalue weighted by molar-refractivity contribution is 0.145. The number of halogens is 4. The minimum Gasteiger partial charge on any atom is -0.232 e. The molecule has 3 aromatic rings. The minimum atomic E-state index is -4.03. The number of nitriles is 1. The van der Waals surface area contributed by atoms with Crippen LogP contribution in [0.15, 0.2) is 41.3 Å². The maximum Gasteiger partial charge on any atom is 0.282 e. The van der Waals surface area contributed by atoms with Crippen molar-refractivity contribution in [1.29, 1.82) is 5.26 Å². The number of aryl methyl sites for hydroxylation is 1. The first-order valence-corrected chi connectivity index (χ1v) is 10.0. The summed E-state index contributed by atoms with van der Waals surface area (Å²) < 4.78 is 79.5. The van der Waals surface area contributed by atoms with Crippen LogP contribution in [0.5, 0.6) is 0 Å². The highest BCUT2D eigenvalue weighted by Crippen LogP contribution is 2.32. The molecule has 2 aromatic carbocycles. The standard InChI is InChI=1S/C19H13F4N3O2S/c1-10-3-4-12(5-11(10)9-24)26-17(8-16(25-26)19(22)23)13-6-15(21)18(7-14(13)20)29(2,27)28/h3-8,19H,1-2H3. The molecule has 0 spiro atoms. The van der Waals surface area contributed by atoms with Gasteiger partial charge in [0.2, 0.25) is 0 Å². The van der Waals surface area contributed by atoms with E-state index in [2.05, 4.69) is 5.10 Å². The highest BCUT2D eigenvalue weighted by atomic mass is 32.2. The van der Waals surface area contributed by atoms with Crippen molar-refractivity contribution in [3.05, 3.63) is 64.9 Å². The van der Waals surface area contributed by atoms with E-state index in [1.54, 1.807) is 13.0 Å². The third-order valence-electron chi connectivity index (χ3n) is 4.24. The smallest absolute Gasteiger partial charge is 0.232 e. The number of rotatable bonds is 4. The maximum absolute atomic E-state index is 14.6. The molecule has 5 nitrogen and oxygen atoms in total. The number of aromatic nitrogens is 2. The van der Waals surface area contributed by atoms with E-state index >= 15 is 0 Å². The van der Waals surface area contributed by atoms with E-state index < -0.39 is 44.1 Å². The lowest BCUT2D eigenvalue weighted by Gasteiger charge is -2.11. The Kier molecular flexibility index (Phi) is 5.19. The Balaban J connectivity index is 2.29. The molecular formula is C19H13F4N3O2S. The number of benzene rings is 2. The van der Waals surface area contributed by atoms with Gasteiger partial charge in [0.25, 0.3) is 6.43 Å². The van der Waals surface area contributed by atoms with Gasteiger partial charge in [-0.15, -0.1) is 0 Å². The van der Waals surface area contributed by atoms with Crippen LogP contribution in [0.2, 0.25) is 0 Å². The Labute approximate surface area is 163 Å². The van der Waals surface area contributed by atoms with Crippen LogP contribution in [0.25, 0.3) is 16.9 Å². The summed E-state index contributed by atoms with van der Waals surface area (Å²) in [6, 6.07) is 8.37. The van der Waals surface area contributed by atoms with Gasteiger partial charge >= 0.3 is 0 Å². The highest BCUT2D eigenvalue weighted by molar-refractivity contribution is 7.90. The van der Waals surface area contributed by atoms with Gasteiger partial charge in [0, 0.05) is 11.8 Å². The summed E-state index contributed by atoms with van der Waals surface area (Å²) in [7, 11) is -4.03. The number of nitrogens with zero attached hydrogens (tertiary/aromatic N) is 3. The Morgan fingerprint density at radius 3 is 2.38 bits per heavy atom. The summed E-state index contributed by atoms with van der Waals surface area (Å²) in [5.41, 5.74) is -0.291. The molecule has 0 fully saturated rings. The molecule has 0 aliphatic carbocycles. The lowest BCUT2D eigenvalue weighted by Crippen LogP contribution is -2.05. The molecule has 0 amide bonds. The van der Waals surface area contributed by atoms with Crippen LogP contribution in [0.1, 0.15) is 23.2 Å². The lowest BCUT2D eigenvalue weighted by atomic mass is 10.1. The zero-order valence-corrected chi connectivity index (χ0v) is 15.9. The molecular weight excluding hydrogens is 410 g/mol. The van der Waals surface area contributed by atoms with E-state index in [1.807, 2.05) is 6.07 Å². The van der Waals surface area contributed by atoms with Crippen molar-refractivity contribution in [3.63, 3.8) is 0 Å². The van der Waals surface area contributed by atoms with Gasteiger partial charge in [-0.05, 0) is 42.8 Å². The minimum absolute atomic E-state index is 0.182. The largest absolute Gasteiger partial charge is 0.282 e. The van der Waals surface area contributed by atoms with Crippen LogP contribution in [-0.4, -0.2) is 24.5 Å². The van der Waals surface area contributed by atoms with Crippen LogP contribution < -0.4 is 0 Å². The molecule has 0 atom stereocenters. The third-order valence-corrected chi connectivity index (χ3v) is 5.35. The Morgan fingerprint density at radius 2 is 1.79 bits per heavy atom. The van der Waals surface area contributed by atoms with E-state index in [1.165, 1.54) is 12.1 Å². The maximum atomic E-state index is 14.6. The van der Waals surface area contributed by atoms with Crippen molar-refractivity contribution in [1.82, 2.24) is 9.78 Å². The van der Waals surface area contributed by atoms with E-state index in [0.717, 1.165) is 17.0 Å². The van der Waals surface area contributed by atoms with E-state index in [0.29, 0.717) is 17.7 Å². The van der Waals surface area contributed by atoms with E-state index in [4.69, 9.17) is 0 Å². The van der Waals surface area contributed by atoms with Gasteiger partial charge in [-0.1, -0.05) is 6.07 Å². The molecule has 29 heavy (non-hydrogen) atoms. The summed E-state index contributed by atoms with van der Waals surface area (Å²) in [6.07, 6.45) is -2.27. The zero-order valence-electron chi connectivity index (χ0n) is 15.1. The Morgan fingerprint density at radius 1 is 1.10 bits per heavy atom. The molecule has 0 N–H and O–H groups in total. The average Bonchev–Trinajstić information content (AvgIpc) is 3.08. The van der Waals surface area contributed by atoms with Crippen molar-refractivity contribution in [2.24, 2.45) is 0 Å². The van der Waals surface area contributed by atoms with Gasteiger partial charge < -0.3 is 0 Å². The molecule has 3 rings (SSSR count). The van der Waals surface area contributed by atoms with Crippen molar-refractivity contribution < 1.29 is 26.0 Å². The van der Waals surface area contributed by atoms with Crippen molar-refractivity contribution >= 4 is 9.84 Å². The summed E-state index contributed by atoms with van der Waals surface area (Å²) in [5.74, 6) is -2.35. The molecule has 1 heterocycles. The van der Waals surface area contributed by atoms with Gasteiger partial charge in [0.05, 0.1) is 23.0 Å². The first-order valence-electron chi connectivity index (χ1n) is 8.11. The van der Waals surface area contributed by atoms with Crippen LogP contribution >= 0.6 is 0 Å². The molecule has 1 aromatic heterocycles. The number of hydrogen-bond acceptors (Lipinski definition) is 4. The van der Waals surface area contributed by atoms with Gasteiger partial charge in [-0.3, -0.25) is 0 Å². The van der Waals surface area contributed by atoms with Crippen LogP contribution in [0, 0.1) is 29.9 Å². The SMILES string of the molecule is Cc1ccc(-n2nc(C(F)F)cc2-c2cc(F)c(S(C)(=O)=O)cc2F)cc1C#N. The number of hydrogen-bond donors (Lipinski definition) is 0. The average molecular weight is 423 g/mol. The van der Waals surface area contributed by atoms with Gasteiger partial charge in [-0.25, -0.2) is 30.7 Å². The summed E-state index contributed by atoms with van der Waals surface area (Å²) in [4.78, 5) is -0.846. The normalized spacial score (nSPS) is 11.7. The molecule has 0 unspecified atom stereocenters. The molecule has 10 heteroatoms. The van der Waals surface area contributed by atoms with Gasteiger partial charge in [0.15, 0.2) is 9.84 Å². The van der Waals surface area contributed by atoms with E-state index in [9.17, 15) is 31.2 Å². The molecule has 0 bridgehead atoms. The number of sulfone groups is 1. The zero-order chi connectivity index (χ0) is 21.5. The fraction of sp³-hybridized carbons (Fsp3) is 0.158.